The molecule has 3 N–H and O–H groups in total. The molecule has 0 aromatic heterocycles. The van der Waals surface area contributed by atoms with E-state index in [4.69, 9.17) is 11.0 Å². The van der Waals surface area contributed by atoms with Crippen molar-refractivity contribution in [2.24, 2.45) is 5.73 Å². The first-order valence-electron chi connectivity index (χ1n) is 5.49. The summed E-state index contributed by atoms with van der Waals surface area (Å²) in [5.41, 5.74) is 7.98. The van der Waals surface area contributed by atoms with Gasteiger partial charge in [-0.05, 0) is 36.4 Å². The Morgan fingerprint density at radius 1 is 1.17 bits per heavy atom. The number of halogens is 1. The summed E-state index contributed by atoms with van der Waals surface area (Å²) >= 11 is 0. The van der Waals surface area contributed by atoms with Crippen molar-refractivity contribution < 1.29 is 4.39 Å². The topological polar surface area (TPSA) is 61.8 Å². The number of rotatable bonds is 3. The lowest BCUT2D eigenvalue weighted by Crippen LogP contribution is -2.04. The predicted molar refractivity (Wildman–Crippen MR) is 68.7 cm³/mol. The van der Waals surface area contributed by atoms with Crippen LogP contribution in [0.15, 0.2) is 42.5 Å². The van der Waals surface area contributed by atoms with Gasteiger partial charge in [-0.2, -0.15) is 5.26 Å². The van der Waals surface area contributed by atoms with Crippen molar-refractivity contribution in [1.29, 1.82) is 5.26 Å². The molecule has 0 fully saturated rings. The maximum absolute atomic E-state index is 13.5. The summed E-state index contributed by atoms with van der Waals surface area (Å²) in [7, 11) is 0. The molecule has 2 aromatic rings. The van der Waals surface area contributed by atoms with Crippen LogP contribution in [0.5, 0.6) is 0 Å². The lowest BCUT2D eigenvalue weighted by atomic mass is 10.1. The third-order valence-electron chi connectivity index (χ3n) is 2.62. The Morgan fingerprint density at radius 3 is 2.50 bits per heavy atom. The molecule has 90 valence electrons. The molecule has 3 nitrogen and oxygen atoms in total. The lowest BCUT2D eigenvalue weighted by Gasteiger charge is -2.11. The van der Waals surface area contributed by atoms with Gasteiger partial charge in [0.1, 0.15) is 5.82 Å². The smallest absolute Gasteiger partial charge is 0.129 e. The minimum atomic E-state index is -0.323. The summed E-state index contributed by atoms with van der Waals surface area (Å²) in [6, 6.07) is 13.7. The molecule has 0 heterocycles. The van der Waals surface area contributed by atoms with Gasteiger partial charge in [0, 0.05) is 23.5 Å². The van der Waals surface area contributed by atoms with Gasteiger partial charge in [-0.1, -0.05) is 6.07 Å². The first kappa shape index (κ1) is 12.1. The molecule has 0 unspecified atom stereocenters. The Morgan fingerprint density at radius 2 is 1.89 bits per heavy atom. The van der Waals surface area contributed by atoms with E-state index >= 15 is 0 Å². The van der Waals surface area contributed by atoms with Gasteiger partial charge < -0.3 is 11.1 Å². The fourth-order valence-electron chi connectivity index (χ4n) is 1.67. The van der Waals surface area contributed by atoms with E-state index in [1.165, 1.54) is 6.07 Å². The van der Waals surface area contributed by atoms with E-state index < -0.39 is 0 Å². The van der Waals surface area contributed by atoms with Gasteiger partial charge in [0.25, 0.3) is 0 Å². The molecule has 0 aliphatic heterocycles. The monoisotopic (exact) mass is 241 g/mol. The van der Waals surface area contributed by atoms with Gasteiger partial charge >= 0.3 is 0 Å². The van der Waals surface area contributed by atoms with Crippen molar-refractivity contribution in [3.05, 3.63) is 59.4 Å². The van der Waals surface area contributed by atoms with E-state index in [1.807, 2.05) is 6.07 Å². The molecule has 0 aliphatic rings. The lowest BCUT2D eigenvalue weighted by molar-refractivity contribution is 0.611. The molecule has 0 aliphatic carbocycles. The van der Waals surface area contributed by atoms with Crippen LogP contribution < -0.4 is 11.1 Å². The molecular formula is C14H12FN3. The van der Waals surface area contributed by atoms with Crippen LogP contribution >= 0.6 is 0 Å². The van der Waals surface area contributed by atoms with Crippen LogP contribution in [0.3, 0.4) is 0 Å². The Labute approximate surface area is 105 Å². The average molecular weight is 241 g/mol. The van der Waals surface area contributed by atoms with Crippen LogP contribution in [0.1, 0.15) is 11.1 Å². The normalized spacial score (nSPS) is 9.83. The number of nitrogens with one attached hydrogen (secondary N) is 1. The van der Waals surface area contributed by atoms with E-state index in [-0.39, 0.29) is 12.4 Å². The zero-order valence-corrected chi connectivity index (χ0v) is 9.65. The Bertz CT molecular complexity index is 585. The zero-order chi connectivity index (χ0) is 13.0. The summed E-state index contributed by atoms with van der Waals surface area (Å²) in [6.45, 7) is 0.130. The van der Waals surface area contributed by atoms with Gasteiger partial charge in [-0.3, -0.25) is 0 Å². The van der Waals surface area contributed by atoms with E-state index in [2.05, 4.69) is 5.32 Å². The highest BCUT2D eigenvalue weighted by Crippen LogP contribution is 2.23. The highest BCUT2D eigenvalue weighted by Gasteiger charge is 2.06. The van der Waals surface area contributed by atoms with Crippen LogP contribution in [0, 0.1) is 17.1 Å². The third-order valence-corrected chi connectivity index (χ3v) is 2.62. The number of hydrogen-bond acceptors (Lipinski definition) is 3. The fourth-order valence-corrected chi connectivity index (χ4v) is 1.67. The van der Waals surface area contributed by atoms with Gasteiger partial charge in [0.05, 0.1) is 11.6 Å². The van der Waals surface area contributed by atoms with Crippen molar-refractivity contribution in [1.82, 2.24) is 0 Å². The molecule has 0 atom stereocenters. The number of nitrogens with two attached hydrogens (primary N) is 1. The van der Waals surface area contributed by atoms with Gasteiger partial charge in [-0.25, -0.2) is 4.39 Å². The SMILES string of the molecule is N#Cc1ccc(Nc2cccc(F)c2CN)cc1. The molecule has 0 amide bonds. The molecule has 18 heavy (non-hydrogen) atoms. The molecule has 0 radical (unpaired) electrons. The first-order chi connectivity index (χ1) is 8.74. The Kier molecular flexibility index (Phi) is 3.56. The predicted octanol–water partition coefficient (Wildman–Crippen LogP) is 2.90. The van der Waals surface area contributed by atoms with Crippen LogP contribution in [-0.4, -0.2) is 0 Å². The average Bonchev–Trinajstić information content (AvgIpc) is 2.40. The van der Waals surface area contributed by atoms with Crippen LogP contribution in [0.4, 0.5) is 15.8 Å². The van der Waals surface area contributed by atoms with E-state index in [0.717, 1.165) is 5.69 Å². The Hall–Kier alpha value is -2.38. The summed E-state index contributed by atoms with van der Waals surface area (Å²) in [5.74, 6) is -0.323. The van der Waals surface area contributed by atoms with Crippen LogP contribution in [0.2, 0.25) is 0 Å². The Balaban J connectivity index is 2.28. The summed E-state index contributed by atoms with van der Waals surface area (Å²) in [6.07, 6.45) is 0. The quantitative estimate of drug-likeness (QED) is 0.868. The van der Waals surface area contributed by atoms with Crippen molar-refractivity contribution in [3.63, 3.8) is 0 Å². The molecular weight excluding hydrogens is 229 g/mol. The molecule has 0 saturated carbocycles. The highest BCUT2D eigenvalue weighted by atomic mass is 19.1. The van der Waals surface area contributed by atoms with E-state index in [1.54, 1.807) is 36.4 Å². The maximum atomic E-state index is 13.5. The molecule has 0 bridgehead atoms. The number of benzene rings is 2. The number of hydrogen-bond donors (Lipinski definition) is 2. The highest BCUT2D eigenvalue weighted by molar-refractivity contribution is 5.64. The molecule has 0 spiro atoms. The van der Waals surface area contributed by atoms with Crippen molar-refractivity contribution in [2.75, 3.05) is 5.32 Å². The standard InChI is InChI=1S/C14H12FN3/c15-13-2-1-3-14(12(13)9-17)18-11-6-4-10(8-16)5-7-11/h1-7,18H,9,17H2. The second-order valence-corrected chi connectivity index (χ2v) is 3.78. The van der Waals surface area contributed by atoms with Gasteiger partial charge in [-0.15, -0.1) is 0 Å². The molecule has 2 aromatic carbocycles. The van der Waals surface area contributed by atoms with Crippen molar-refractivity contribution in [3.8, 4) is 6.07 Å². The molecule has 2 rings (SSSR count). The van der Waals surface area contributed by atoms with Gasteiger partial charge in [0.15, 0.2) is 0 Å². The third kappa shape index (κ3) is 2.47. The number of nitriles is 1. The fraction of sp³-hybridized carbons (Fsp3) is 0.0714. The van der Waals surface area contributed by atoms with Crippen LogP contribution in [-0.2, 0) is 6.54 Å². The second kappa shape index (κ2) is 5.30. The number of anilines is 2. The zero-order valence-electron chi connectivity index (χ0n) is 9.65. The molecule has 0 saturated heterocycles. The number of nitrogens with zero attached hydrogens (tertiary/aromatic N) is 1. The first-order valence-corrected chi connectivity index (χ1v) is 5.49. The molecule has 4 heteroatoms. The van der Waals surface area contributed by atoms with Crippen LogP contribution in [0.25, 0.3) is 0 Å². The second-order valence-electron chi connectivity index (χ2n) is 3.78. The van der Waals surface area contributed by atoms with Crippen molar-refractivity contribution in [2.45, 2.75) is 6.54 Å². The minimum Gasteiger partial charge on any atom is -0.355 e. The van der Waals surface area contributed by atoms with Crippen molar-refractivity contribution >= 4 is 11.4 Å². The maximum Gasteiger partial charge on any atom is 0.129 e. The summed E-state index contributed by atoms with van der Waals surface area (Å²) in [5, 5.41) is 11.8. The summed E-state index contributed by atoms with van der Waals surface area (Å²) < 4.78 is 13.5. The minimum absolute atomic E-state index is 0.130. The van der Waals surface area contributed by atoms with E-state index in [9.17, 15) is 4.39 Å². The van der Waals surface area contributed by atoms with Gasteiger partial charge in [0.2, 0.25) is 0 Å². The largest absolute Gasteiger partial charge is 0.355 e. The van der Waals surface area contributed by atoms with E-state index in [0.29, 0.717) is 16.8 Å². The summed E-state index contributed by atoms with van der Waals surface area (Å²) in [4.78, 5) is 0.